The van der Waals surface area contributed by atoms with Crippen molar-refractivity contribution in [2.24, 2.45) is 0 Å². The van der Waals surface area contributed by atoms with E-state index in [-0.39, 0.29) is 17.9 Å². The number of carbonyl (C=O) groups excluding carboxylic acids is 2. The molecule has 3 aromatic rings. The number of pyridine rings is 1. The van der Waals surface area contributed by atoms with Gasteiger partial charge in [-0.2, -0.15) is 0 Å². The van der Waals surface area contributed by atoms with Crippen LogP contribution in [0.1, 0.15) is 65.8 Å². The summed E-state index contributed by atoms with van der Waals surface area (Å²) in [6.07, 6.45) is 6.22. The van der Waals surface area contributed by atoms with Gasteiger partial charge in [0, 0.05) is 31.2 Å². The van der Waals surface area contributed by atoms with Gasteiger partial charge in [-0.05, 0) is 76.1 Å². The summed E-state index contributed by atoms with van der Waals surface area (Å²) >= 11 is 0. The molecule has 1 unspecified atom stereocenters. The van der Waals surface area contributed by atoms with Crippen LogP contribution < -0.4 is 4.74 Å². The minimum atomic E-state index is -0.123. The quantitative estimate of drug-likeness (QED) is 0.500. The van der Waals surface area contributed by atoms with Gasteiger partial charge in [0.15, 0.2) is 0 Å². The van der Waals surface area contributed by atoms with E-state index in [1.165, 1.54) is 12.0 Å². The molecule has 8 nitrogen and oxygen atoms in total. The monoisotopic (exact) mass is 490 g/mol. The highest BCUT2D eigenvalue weighted by Gasteiger charge is 2.27. The first kappa shape index (κ1) is 24.3. The summed E-state index contributed by atoms with van der Waals surface area (Å²) in [5.74, 6) is 0.883. The van der Waals surface area contributed by atoms with Crippen LogP contribution in [0.5, 0.6) is 5.75 Å². The van der Waals surface area contributed by atoms with E-state index in [0.717, 1.165) is 38.0 Å². The first-order valence-corrected chi connectivity index (χ1v) is 13.0. The van der Waals surface area contributed by atoms with Crippen LogP contribution in [-0.2, 0) is 11.2 Å². The van der Waals surface area contributed by atoms with Crippen molar-refractivity contribution in [3.8, 4) is 5.75 Å². The number of carbonyl (C=O) groups is 2. The van der Waals surface area contributed by atoms with Gasteiger partial charge in [0.05, 0.1) is 23.2 Å². The second-order valence-electron chi connectivity index (χ2n) is 9.93. The van der Waals surface area contributed by atoms with Crippen molar-refractivity contribution in [2.75, 3.05) is 26.2 Å². The largest absolute Gasteiger partial charge is 0.492 e. The molecule has 1 atom stereocenters. The fourth-order valence-corrected chi connectivity index (χ4v) is 5.46. The summed E-state index contributed by atoms with van der Waals surface area (Å²) in [7, 11) is 0. The number of amides is 2. The number of hydrogen-bond donors (Lipinski definition) is 0. The van der Waals surface area contributed by atoms with Gasteiger partial charge < -0.3 is 19.1 Å². The maximum Gasteiger partial charge on any atom is 0.258 e. The van der Waals surface area contributed by atoms with E-state index in [2.05, 4.69) is 27.2 Å². The average Bonchev–Trinajstić information content (AvgIpc) is 3.25. The van der Waals surface area contributed by atoms with Crippen molar-refractivity contribution in [3.05, 3.63) is 52.8 Å². The Morgan fingerprint density at radius 1 is 1.03 bits per heavy atom. The Bertz CT molecular complexity index is 1250. The lowest BCUT2D eigenvalue weighted by molar-refractivity contribution is -0.135. The lowest BCUT2D eigenvalue weighted by Crippen LogP contribution is -2.44. The first-order valence-electron chi connectivity index (χ1n) is 13.0. The fraction of sp³-hybridized carbons (Fsp3) is 0.500. The highest BCUT2D eigenvalue weighted by Crippen LogP contribution is 2.26. The molecule has 0 spiro atoms. The van der Waals surface area contributed by atoms with E-state index < -0.39 is 0 Å². The molecule has 4 heterocycles. The molecule has 1 saturated heterocycles. The fourth-order valence-electron chi connectivity index (χ4n) is 5.46. The maximum absolute atomic E-state index is 13.8. The third kappa shape index (κ3) is 5.22. The standard InChI is InChI=1S/C28H34N4O4/c1-19-17-24(26-20(2)30-36-27(26)29-19)28(34)31-13-6-10-25(33)32-14-4-3-8-22(32)12-11-21-7-5-9-23(18-21)35-16-15-31/h5,7,9,17-18,22H,3-4,6,8,10-16H2,1-2H3. The molecule has 8 heteroatoms. The average molecular weight is 491 g/mol. The van der Waals surface area contributed by atoms with Crippen LogP contribution in [0.15, 0.2) is 34.9 Å². The summed E-state index contributed by atoms with van der Waals surface area (Å²) < 4.78 is 11.4. The van der Waals surface area contributed by atoms with Gasteiger partial charge in [0.1, 0.15) is 12.4 Å². The molecule has 36 heavy (non-hydrogen) atoms. The minimum absolute atomic E-state index is 0.123. The lowest BCUT2D eigenvalue weighted by Gasteiger charge is -2.36. The molecule has 2 aromatic heterocycles. The van der Waals surface area contributed by atoms with Crippen LogP contribution in [0.2, 0.25) is 0 Å². The summed E-state index contributed by atoms with van der Waals surface area (Å²) in [5, 5.41) is 4.66. The molecule has 2 bridgehead atoms. The molecule has 0 aliphatic carbocycles. The summed E-state index contributed by atoms with van der Waals surface area (Å²) in [5.41, 5.74) is 3.44. The molecule has 2 aliphatic heterocycles. The smallest absolute Gasteiger partial charge is 0.258 e. The normalized spacial score (nSPS) is 19.8. The first-order chi connectivity index (χ1) is 17.5. The van der Waals surface area contributed by atoms with E-state index in [1.807, 2.05) is 26.0 Å². The Morgan fingerprint density at radius 2 is 1.92 bits per heavy atom. The van der Waals surface area contributed by atoms with Gasteiger partial charge in [-0.1, -0.05) is 17.3 Å². The van der Waals surface area contributed by atoms with E-state index in [1.54, 1.807) is 11.0 Å². The van der Waals surface area contributed by atoms with Crippen molar-refractivity contribution in [3.63, 3.8) is 0 Å². The van der Waals surface area contributed by atoms with Crippen LogP contribution >= 0.6 is 0 Å². The summed E-state index contributed by atoms with van der Waals surface area (Å²) in [6, 6.07) is 10.2. The number of rotatable bonds is 1. The van der Waals surface area contributed by atoms with Gasteiger partial charge in [0.25, 0.3) is 11.6 Å². The Balaban J connectivity index is 1.41. The molecule has 2 amide bonds. The van der Waals surface area contributed by atoms with E-state index in [9.17, 15) is 9.59 Å². The van der Waals surface area contributed by atoms with Gasteiger partial charge >= 0.3 is 0 Å². The van der Waals surface area contributed by atoms with Crippen LogP contribution in [0.3, 0.4) is 0 Å². The highest BCUT2D eigenvalue weighted by molar-refractivity contribution is 6.06. The third-order valence-corrected chi connectivity index (χ3v) is 7.32. The minimum Gasteiger partial charge on any atom is -0.492 e. The third-order valence-electron chi connectivity index (χ3n) is 7.32. The molecule has 1 aromatic carbocycles. The van der Waals surface area contributed by atoms with Gasteiger partial charge in [-0.3, -0.25) is 9.59 Å². The van der Waals surface area contributed by atoms with E-state index >= 15 is 0 Å². The number of piperidine rings is 1. The second kappa shape index (κ2) is 10.7. The number of aryl methyl sites for hydroxylation is 3. The van der Waals surface area contributed by atoms with Crippen molar-refractivity contribution < 1.29 is 18.8 Å². The zero-order valence-electron chi connectivity index (χ0n) is 21.2. The van der Waals surface area contributed by atoms with Crippen molar-refractivity contribution >= 4 is 22.9 Å². The molecule has 1 fully saturated rings. The van der Waals surface area contributed by atoms with Crippen LogP contribution in [0, 0.1) is 13.8 Å². The number of hydrogen-bond acceptors (Lipinski definition) is 6. The molecular weight excluding hydrogens is 456 g/mol. The van der Waals surface area contributed by atoms with Crippen molar-refractivity contribution in [1.82, 2.24) is 19.9 Å². The van der Waals surface area contributed by atoms with Crippen LogP contribution in [-0.4, -0.2) is 64.0 Å². The SMILES string of the molecule is Cc1cc(C(=O)N2CCCC(=O)N3CCCCC3CCc3cccc(c3)OCC2)c2c(C)noc2n1. The lowest BCUT2D eigenvalue weighted by atomic mass is 9.95. The predicted molar refractivity (Wildman–Crippen MR) is 136 cm³/mol. The number of benzene rings is 1. The van der Waals surface area contributed by atoms with Gasteiger partial charge in [0.2, 0.25) is 5.91 Å². The zero-order valence-corrected chi connectivity index (χ0v) is 21.2. The maximum atomic E-state index is 13.8. The number of ether oxygens (including phenoxy) is 1. The molecule has 2 aliphatic rings. The van der Waals surface area contributed by atoms with Gasteiger partial charge in [-0.25, -0.2) is 4.98 Å². The number of nitrogens with zero attached hydrogens (tertiary/aromatic N) is 4. The van der Waals surface area contributed by atoms with Crippen LogP contribution in [0.4, 0.5) is 0 Å². The van der Waals surface area contributed by atoms with Gasteiger partial charge in [-0.15, -0.1) is 0 Å². The molecular formula is C28H34N4O4. The molecule has 0 saturated carbocycles. The van der Waals surface area contributed by atoms with Crippen molar-refractivity contribution in [1.29, 1.82) is 0 Å². The molecule has 190 valence electrons. The number of aromatic nitrogens is 2. The Labute approximate surface area is 211 Å². The topological polar surface area (TPSA) is 88.8 Å². The summed E-state index contributed by atoms with van der Waals surface area (Å²) in [6.45, 7) is 5.74. The summed E-state index contributed by atoms with van der Waals surface area (Å²) in [4.78, 5) is 35.2. The highest BCUT2D eigenvalue weighted by atomic mass is 16.5. The second-order valence-corrected chi connectivity index (χ2v) is 9.93. The zero-order chi connectivity index (χ0) is 25.1. The van der Waals surface area contributed by atoms with Crippen molar-refractivity contribution in [2.45, 2.75) is 64.8 Å². The Hall–Kier alpha value is -3.42. The Morgan fingerprint density at radius 3 is 2.81 bits per heavy atom. The Kier molecular flexibility index (Phi) is 7.20. The number of fused-ring (bicyclic) bond motifs is 4. The molecule has 0 radical (unpaired) electrons. The predicted octanol–water partition coefficient (Wildman–Crippen LogP) is 4.47. The van der Waals surface area contributed by atoms with E-state index in [0.29, 0.717) is 60.6 Å². The molecule has 5 rings (SSSR count). The van der Waals surface area contributed by atoms with Crippen LogP contribution in [0.25, 0.3) is 11.1 Å². The van der Waals surface area contributed by atoms with E-state index in [4.69, 9.17) is 9.26 Å². The molecule has 0 N–H and O–H groups in total.